The van der Waals surface area contributed by atoms with Gasteiger partial charge in [-0.15, -0.1) is 0 Å². The number of amides is 1. The minimum atomic E-state index is 0.00366. The van der Waals surface area contributed by atoms with Crippen LogP contribution in [0.2, 0.25) is 0 Å². The Morgan fingerprint density at radius 1 is 1.48 bits per heavy atom. The standard InChI is InChI=1S/C17H21N3O2S/c1-10(2)9-22-12-6-4-5-11(7-12)13-8-14(21)19-16-15(13)23-17(18-3)20-16/h4-7,10,13H,8-9H2,1-3H3,(H,18,20)(H,19,21). The largest absolute Gasteiger partial charge is 0.493 e. The van der Waals surface area contributed by atoms with Gasteiger partial charge in [-0.3, -0.25) is 4.79 Å². The number of hydrogen-bond acceptors (Lipinski definition) is 5. The van der Waals surface area contributed by atoms with E-state index in [1.165, 1.54) is 0 Å². The van der Waals surface area contributed by atoms with E-state index in [4.69, 9.17) is 4.74 Å². The van der Waals surface area contributed by atoms with E-state index in [9.17, 15) is 4.79 Å². The van der Waals surface area contributed by atoms with Crippen LogP contribution in [-0.2, 0) is 4.79 Å². The Kier molecular flexibility index (Phi) is 4.52. The smallest absolute Gasteiger partial charge is 0.226 e. The quantitative estimate of drug-likeness (QED) is 0.877. The van der Waals surface area contributed by atoms with E-state index in [0.29, 0.717) is 24.8 Å². The number of benzene rings is 1. The molecule has 0 bridgehead atoms. The van der Waals surface area contributed by atoms with Gasteiger partial charge in [0.25, 0.3) is 0 Å². The molecule has 6 heteroatoms. The van der Waals surface area contributed by atoms with Gasteiger partial charge in [-0.2, -0.15) is 0 Å². The molecular weight excluding hydrogens is 310 g/mol. The third-order valence-corrected chi connectivity index (χ3v) is 4.86. The number of carbonyl (C=O) groups is 1. The van der Waals surface area contributed by atoms with Gasteiger partial charge in [0.05, 0.1) is 11.5 Å². The van der Waals surface area contributed by atoms with Gasteiger partial charge in [0.2, 0.25) is 5.91 Å². The van der Waals surface area contributed by atoms with Crippen molar-refractivity contribution < 1.29 is 9.53 Å². The molecular formula is C17H21N3O2S. The number of anilines is 2. The van der Waals surface area contributed by atoms with Crippen LogP contribution in [0.1, 0.15) is 36.6 Å². The summed E-state index contributed by atoms with van der Waals surface area (Å²) in [7, 11) is 1.83. The number of aromatic nitrogens is 1. The summed E-state index contributed by atoms with van der Waals surface area (Å²) in [6.45, 7) is 4.93. The predicted molar refractivity (Wildman–Crippen MR) is 93.5 cm³/mol. The zero-order chi connectivity index (χ0) is 16.4. The molecule has 5 nitrogen and oxygen atoms in total. The van der Waals surface area contributed by atoms with E-state index >= 15 is 0 Å². The molecule has 1 aliphatic heterocycles. The Morgan fingerprint density at radius 2 is 2.30 bits per heavy atom. The van der Waals surface area contributed by atoms with E-state index in [1.54, 1.807) is 11.3 Å². The second-order valence-corrected chi connectivity index (χ2v) is 7.09. The number of carbonyl (C=O) groups excluding carboxylic acids is 1. The summed E-state index contributed by atoms with van der Waals surface area (Å²) in [4.78, 5) is 17.5. The lowest BCUT2D eigenvalue weighted by Gasteiger charge is -2.22. The SMILES string of the molecule is CNc1nc2c(s1)C(c1cccc(OCC(C)C)c1)CC(=O)N2. The monoisotopic (exact) mass is 331 g/mol. The zero-order valence-electron chi connectivity index (χ0n) is 13.6. The number of hydrogen-bond donors (Lipinski definition) is 2. The third-order valence-electron chi connectivity index (χ3n) is 3.67. The molecule has 0 saturated heterocycles. The van der Waals surface area contributed by atoms with Crippen molar-refractivity contribution in [2.24, 2.45) is 5.92 Å². The molecule has 23 heavy (non-hydrogen) atoms. The molecule has 1 atom stereocenters. The summed E-state index contributed by atoms with van der Waals surface area (Å²) in [6, 6.07) is 8.03. The van der Waals surface area contributed by atoms with Gasteiger partial charge in [-0.05, 0) is 23.6 Å². The van der Waals surface area contributed by atoms with Crippen LogP contribution < -0.4 is 15.4 Å². The van der Waals surface area contributed by atoms with E-state index in [0.717, 1.165) is 21.3 Å². The summed E-state index contributed by atoms with van der Waals surface area (Å²) in [5, 5.41) is 6.72. The van der Waals surface area contributed by atoms with Gasteiger partial charge in [-0.1, -0.05) is 37.3 Å². The van der Waals surface area contributed by atoms with Crippen LogP contribution in [0.3, 0.4) is 0 Å². The molecule has 0 radical (unpaired) electrons. The molecule has 1 amide bonds. The van der Waals surface area contributed by atoms with Crippen molar-refractivity contribution in [2.45, 2.75) is 26.2 Å². The first kappa shape index (κ1) is 15.8. The lowest BCUT2D eigenvalue weighted by atomic mass is 9.91. The minimum absolute atomic E-state index is 0.00366. The normalized spacial score (nSPS) is 16.9. The molecule has 0 saturated carbocycles. The van der Waals surface area contributed by atoms with Gasteiger partial charge in [0, 0.05) is 19.4 Å². The van der Waals surface area contributed by atoms with E-state index in [-0.39, 0.29) is 11.8 Å². The van der Waals surface area contributed by atoms with Crippen molar-refractivity contribution >= 4 is 28.2 Å². The van der Waals surface area contributed by atoms with Crippen LogP contribution in [0.4, 0.5) is 10.9 Å². The average Bonchev–Trinajstić information content (AvgIpc) is 2.95. The summed E-state index contributed by atoms with van der Waals surface area (Å²) < 4.78 is 5.81. The second kappa shape index (κ2) is 6.58. The van der Waals surface area contributed by atoms with Crippen molar-refractivity contribution in [3.8, 4) is 5.75 Å². The van der Waals surface area contributed by atoms with Crippen molar-refractivity contribution in [3.63, 3.8) is 0 Å². The van der Waals surface area contributed by atoms with Crippen LogP contribution in [0, 0.1) is 5.92 Å². The van der Waals surface area contributed by atoms with Gasteiger partial charge in [0.1, 0.15) is 11.6 Å². The Bertz CT molecular complexity index is 712. The lowest BCUT2D eigenvalue weighted by Crippen LogP contribution is -2.22. The number of rotatable bonds is 5. The van der Waals surface area contributed by atoms with Crippen LogP contribution in [-0.4, -0.2) is 24.5 Å². The molecule has 1 aliphatic rings. The van der Waals surface area contributed by atoms with Gasteiger partial charge >= 0.3 is 0 Å². The van der Waals surface area contributed by atoms with E-state index in [1.807, 2.05) is 31.3 Å². The molecule has 0 spiro atoms. The van der Waals surface area contributed by atoms with Crippen molar-refractivity contribution in [2.75, 3.05) is 24.3 Å². The highest BCUT2D eigenvalue weighted by Gasteiger charge is 2.30. The first-order valence-corrected chi connectivity index (χ1v) is 8.59. The highest BCUT2D eigenvalue weighted by Crippen LogP contribution is 2.42. The molecule has 122 valence electrons. The topological polar surface area (TPSA) is 63.3 Å². The van der Waals surface area contributed by atoms with Crippen molar-refractivity contribution in [1.29, 1.82) is 0 Å². The number of fused-ring (bicyclic) bond motifs is 1. The van der Waals surface area contributed by atoms with Crippen LogP contribution in [0.5, 0.6) is 5.75 Å². The Balaban J connectivity index is 1.91. The summed E-state index contributed by atoms with van der Waals surface area (Å²) in [5.74, 6) is 2.03. The van der Waals surface area contributed by atoms with Crippen LogP contribution >= 0.6 is 11.3 Å². The Hall–Kier alpha value is -2.08. The predicted octanol–water partition coefficient (Wildman–Crippen LogP) is 3.69. The summed E-state index contributed by atoms with van der Waals surface area (Å²) in [5.41, 5.74) is 1.09. The molecule has 3 rings (SSSR count). The number of nitrogens with one attached hydrogen (secondary N) is 2. The Labute approximate surface area is 140 Å². The fourth-order valence-corrected chi connectivity index (χ4v) is 3.58. The van der Waals surface area contributed by atoms with Gasteiger partial charge in [0.15, 0.2) is 5.13 Å². The highest BCUT2D eigenvalue weighted by atomic mass is 32.1. The summed E-state index contributed by atoms with van der Waals surface area (Å²) >= 11 is 1.59. The number of thiazole rings is 1. The average molecular weight is 331 g/mol. The molecule has 1 aromatic carbocycles. The molecule has 2 N–H and O–H groups in total. The first-order chi connectivity index (χ1) is 11.1. The van der Waals surface area contributed by atoms with Gasteiger partial charge in [-0.25, -0.2) is 4.98 Å². The summed E-state index contributed by atoms with van der Waals surface area (Å²) in [6.07, 6.45) is 0.436. The van der Waals surface area contributed by atoms with Gasteiger partial charge < -0.3 is 15.4 Å². The van der Waals surface area contributed by atoms with E-state index in [2.05, 4.69) is 29.5 Å². The molecule has 2 aromatic rings. The fraction of sp³-hybridized carbons (Fsp3) is 0.412. The molecule has 0 fully saturated rings. The minimum Gasteiger partial charge on any atom is -0.493 e. The maximum Gasteiger partial charge on any atom is 0.226 e. The zero-order valence-corrected chi connectivity index (χ0v) is 14.4. The number of nitrogens with zero attached hydrogens (tertiary/aromatic N) is 1. The number of ether oxygens (including phenoxy) is 1. The first-order valence-electron chi connectivity index (χ1n) is 7.78. The molecule has 0 aliphatic carbocycles. The maximum absolute atomic E-state index is 12.0. The van der Waals surface area contributed by atoms with Crippen LogP contribution in [0.25, 0.3) is 0 Å². The lowest BCUT2D eigenvalue weighted by molar-refractivity contribution is -0.116. The second-order valence-electron chi connectivity index (χ2n) is 6.06. The maximum atomic E-state index is 12.0. The molecule has 1 unspecified atom stereocenters. The molecule has 2 heterocycles. The third kappa shape index (κ3) is 3.47. The van der Waals surface area contributed by atoms with Crippen molar-refractivity contribution in [1.82, 2.24) is 4.98 Å². The highest BCUT2D eigenvalue weighted by molar-refractivity contribution is 7.16. The van der Waals surface area contributed by atoms with E-state index < -0.39 is 0 Å². The van der Waals surface area contributed by atoms with Crippen molar-refractivity contribution in [3.05, 3.63) is 34.7 Å². The Morgan fingerprint density at radius 3 is 3.04 bits per heavy atom. The molecule has 1 aromatic heterocycles. The fourth-order valence-electron chi connectivity index (χ4n) is 2.58. The van der Waals surface area contributed by atoms with Crippen LogP contribution in [0.15, 0.2) is 24.3 Å².